The maximum atomic E-state index is 12.9. The van der Waals surface area contributed by atoms with Crippen molar-refractivity contribution in [2.75, 3.05) is 14.2 Å². The fraction of sp³-hybridized carbons (Fsp3) is 0.211. The Hall–Kier alpha value is -2.57. The van der Waals surface area contributed by atoms with E-state index in [0.29, 0.717) is 21.4 Å². The predicted molar refractivity (Wildman–Crippen MR) is 105 cm³/mol. The van der Waals surface area contributed by atoms with Crippen LogP contribution < -0.4 is 4.74 Å². The first-order valence-electron chi connectivity index (χ1n) is 8.17. The molecule has 2 aromatic carbocycles. The van der Waals surface area contributed by atoms with Crippen molar-refractivity contribution < 1.29 is 9.53 Å². The number of aromatic nitrogens is 3. The highest BCUT2D eigenvalue weighted by Crippen LogP contribution is 2.34. The Morgan fingerprint density at radius 3 is 2.33 bits per heavy atom. The van der Waals surface area contributed by atoms with Crippen LogP contribution in [0.25, 0.3) is 5.69 Å². The molecule has 1 aromatic heterocycles. The SMILES string of the molecule is COc1c(Cl)cc(C(=O)N(C)[C@@H](C)c2ccc(-n3cncn3)cc2)cc1Cl. The summed E-state index contributed by atoms with van der Waals surface area (Å²) in [5.41, 5.74) is 2.28. The molecule has 0 saturated heterocycles. The summed E-state index contributed by atoms with van der Waals surface area (Å²) in [5, 5.41) is 4.70. The van der Waals surface area contributed by atoms with Crippen molar-refractivity contribution in [1.29, 1.82) is 0 Å². The van der Waals surface area contributed by atoms with Crippen LogP contribution in [0.2, 0.25) is 10.0 Å². The van der Waals surface area contributed by atoms with E-state index in [1.807, 2.05) is 31.2 Å². The van der Waals surface area contributed by atoms with E-state index in [1.165, 1.54) is 13.4 Å². The summed E-state index contributed by atoms with van der Waals surface area (Å²) in [5.74, 6) is 0.170. The lowest BCUT2D eigenvalue weighted by atomic mass is 10.1. The number of carbonyl (C=O) groups is 1. The Bertz CT molecular complexity index is 920. The van der Waals surface area contributed by atoms with Gasteiger partial charge >= 0.3 is 0 Å². The zero-order valence-electron chi connectivity index (χ0n) is 15.1. The van der Waals surface area contributed by atoms with Gasteiger partial charge in [-0.3, -0.25) is 4.79 Å². The molecule has 3 rings (SSSR count). The number of rotatable bonds is 5. The Labute approximate surface area is 167 Å². The lowest BCUT2D eigenvalue weighted by molar-refractivity contribution is 0.0742. The number of hydrogen-bond acceptors (Lipinski definition) is 4. The van der Waals surface area contributed by atoms with E-state index in [1.54, 1.807) is 35.1 Å². The van der Waals surface area contributed by atoms with Gasteiger partial charge in [-0.1, -0.05) is 35.3 Å². The minimum Gasteiger partial charge on any atom is -0.494 e. The van der Waals surface area contributed by atoms with Crippen LogP contribution in [0.3, 0.4) is 0 Å². The quantitative estimate of drug-likeness (QED) is 0.631. The molecular weight excluding hydrogens is 387 g/mol. The third-order valence-corrected chi connectivity index (χ3v) is 4.97. The molecule has 0 aliphatic carbocycles. The van der Waals surface area contributed by atoms with Crippen molar-refractivity contribution >= 4 is 29.1 Å². The number of methoxy groups -OCH3 is 1. The van der Waals surface area contributed by atoms with Crippen LogP contribution in [0, 0.1) is 0 Å². The number of amides is 1. The molecule has 140 valence electrons. The molecule has 3 aromatic rings. The molecule has 1 atom stereocenters. The summed E-state index contributed by atoms with van der Waals surface area (Å²) >= 11 is 12.3. The van der Waals surface area contributed by atoms with Crippen molar-refractivity contribution in [3.8, 4) is 11.4 Å². The third-order valence-electron chi connectivity index (χ3n) is 4.41. The highest BCUT2D eigenvalue weighted by atomic mass is 35.5. The Kier molecular flexibility index (Phi) is 5.68. The lowest BCUT2D eigenvalue weighted by Gasteiger charge is -2.26. The van der Waals surface area contributed by atoms with Crippen LogP contribution in [0.4, 0.5) is 0 Å². The van der Waals surface area contributed by atoms with Gasteiger partial charge in [0.05, 0.1) is 28.9 Å². The number of hydrogen-bond donors (Lipinski definition) is 0. The molecular formula is C19H18Cl2N4O2. The van der Waals surface area contributed by atoms with Gasteiger partial charge in [-0.05, 0) is 36.8 Å². The molecule has 0 N–H and O–H groups in total. The highest BCUT2D eigenvalue weighted by molar-refractivity contribution is 6.37. The van der Waals surface area contributed by atoms with Crippen LogP contribution in [-0.4, -0.2) is 39.7 Å². The minimum absolute atomic E-state index is 0.151. The molecule has 0 fully saturated rings. The Morgan fingerprint density at radius 2 is 1.81 bits per heavy atom. The van der Waals surface area contributed by atoms with Gasteiger partial charge < -0.3 is 9.64 Å². The third kappa shape index (κ3) is 3.91. The first-order valence-corrected chi connectivity index (χ1v) is 8.93. The zero-order chi connectivity index (χ0) is 19.6. The van der Waals surface area contributed by atoms with Crippen LogP contribution in [0.5, 0.6) is 5.75 Å². The average Bonchev–Trinajstić information content (AvgIpc) is 3.21. The highest BCUT2D eigenvalue weighted by Gasteiger charge is 2.21. The topological polar surface area (TPSA) is 60.2 Å². The second-order valence-electron chi connectivity index (χ2n) is 6.00. The second-order valence-corrected chi connectivity index (χ2v) is 6.81. The smallest absolute Gasteiger partial charge is 0.254 e. The summed E-state index contributed by atoms with van der Waals surface area (Å²) in [4.78, 5) is 18.4. The first-order chi connectivity index (χ1) is 12.9. The molecule has 0 saturated carbocycles. The maximum absolute atomic E-state index is 12.9. The predicted octanol–water partition coefficient (Wildman–Crippen LogP) is 4.42. The Morgan fingerprint density at radius 1 is 1.19 bits per heavy atom. The van der Waals surface area contributed by atoms with E-state index in [0.717, 1.165) is 11.3 Å². The van der Waals surface area contributed by atoms with Crippen molar-refractivity contribution in [2.45, 2.75) is 13.0 Å². The monoisotopic (exact) mass is 404 g/mol. The number of carbonyl (C=O) groups excluding carboxylic acids is 1. The molecule has 0 spiro atoms. The van der Waals surface area contributed by atoms with Crippen molar-refractivity contribution in [1.82, 2.24) is 19.7 Å². The second kappa shape index (κ2) is 7.98. The standard InChI is InChI=1S/C19H18Cl2N4O2/c1-12(13-4-6-15(7-5-13)25-11-22-10-23-25)24(2)19(26)14-8-16(20)18(27-3)17(21)9-14/h4-12H,1-3H3/t12-/m0/s1. The molecule has 0 bridgehead atoms. The average molecular weight is 405 g/mol. The molecule has 0 aliphatic heterocycles. The summed E-state index contributed by atoms with van der Waals surface area (Å²) in [7, 11) is 3.22. The summed E-state index contributed by atoms with van der Waals surface area (Å²) < 4.78 is 6.80. The van der Waals surface area contributed by atoms with Gasteiger partial charge in [-0.2, -0.15) is 5.10 Å². The number of nitrogens with zero attached hydrogens (tertiary/aromatic N) is 4. The van der Waals surface area contributed by atoms with E-state index < -0.39 is 0 Å². The zero-order valence-corrected chi connectivity index (χ0v) is 16.6. The van der Waals surface area contributed by atoms with E-state index in [9.17, 15) is 4.79 Å². The van der Waals surface area contributed by atoms with Crippen LogP contribution in [0.1, 0.15) is 28.9 Å². The van der Waals surface area contributed by atoms with Gasteiger partial charge in [0.25, 0.3) is 5.91 Å². The molecule has 8 heteroatoms. The van der Waals surface area contributed by atoms with Crippen LogP contribution in [-0.2, 0) is 0 Å². The maximum Gasteiger partial charge on any atom is 0.254 e. The van der Waals surface area contributed by atoms with E-state index >= 15 is 0 Å². The lowest BCUT2D eigenvalue weighted by Crippen LogP contribution is -2.29. The summed E-state index contributed by atoms with van der Waals surface area (Å²) in [6, 6.07) is 10.7. The molecule has 0 radical (unpaired) electrons. The van der Waals surface area contributed by atoms with E-state index in [-0.39, 0.29) is 11.9 Å². The van der Waals surface area contributed by atoms with Gasteiger partial charge in [0, 0.05) is 12.6 Å². The van der Waals surface area contributed by atoms with Gasteiger partial charge in [-0.25, -0.2) is 9.67 Å². The van der Waals surface area contributed by atoms with Gasteiger partial charge in [0.15, 0.2) is 5.75 Å². The van der Waals surface area contributed by atoms with Crippen molar-refractivity contribution in [3.63, 3.8) is 0 Å². The number of benzene rings is 2. The van der Waals surface area contributed by atoms with Crippen molar-refractivity contribution in [2.24, 2.45) is 0 Å². The molecule has 0 aliphatic rings. The first kappa shape index (κ1) is 19.2. The van der Waals surface area contributed by atoms with Crippen molar-refractivity contribution in [3.05, 3.63) is 70.2 Å². The fourth-order valence-corrected chi connectivity index (χ4v) is 3.37. The van der Waals surface area contributed by atoms with E-state index in [4.69, 9.17) is 27.9 Å². The van der Waals surface area contributed by atoms with E-state index in [2.05, 4.69) is 10.1 Å². The molecule has 0 unspecified atom stereocenters. The largest absolute Gasteiger partial charge is 0.494 e. The van der Waals surface area contributed by atoms with Gasteiger partial charge in [0.2, 0.25) is 0 Å². The van der Waals surface area contributed by atoms with Gasteiger partial charge in [0.1, 0.15) is 12.7 Å². The van der Waals surface area contributed by atoms with Crippen LogP contribution in [0.15, 0.2) is 49.1 Å². The normalized spacial score (nSPS) is 11.9. The minimum atomic E-state index is -0.186. The molecule has 6 nitrogen and oxygen atoms in total. The molecule has 1 amide bonds. The number of ether oxygens (including phenoxy) is 1. The summed E-state index contributed by atoms with van der Waals surface area (Å²) in [6.45, 7) is 1.95. The van der Waals surface area contributed by atoms with Crippen LogP contribution >= 0.6 is 23.2 Å². The molecule has 1 heterocycles. The summed E-state index contributed by atoms with van der Waals surface area (Å²) in [6.07, 6.45) is 3.11. The molecule has 27 heavy (non-hydrogen) atoms. The Balaban J connectivity index is 1.80. The number of halogens is 2. The van der Waals surface area contributed by atoms with Gasteiger partial charge in [-0.15, -0.1) is 0 Å². The fourth-order valence-electron chi connectivity index (χ4n) is 2.73.